The number of allylic oxidation sites excluding steroid dienone is 2. The number of phenolic OH excluding ortho intramolecular Hbond substituents is 1. The van der Waals surface area contributed by atoms with E-state index in [2.05, 4.69) is 11.1 Å². The lowest BCUT2D eigenvalue weighted by molar-refractivity contribution is 0.387. The molecule has 0 saturated heterocycles. The minimum absolute atomic E-state index is 0.0550. The van der Waals surface area contributed by atoms with E-state index in [0.717, 1.165) is 35.1 Å². The molecule has 0 spiro atoms. The Hall–Kier alpha value is -2.31. The van der Waals surface area contributed by atoms with Crippen LogP contribution in [0.4, 0.5) is 0 Å². The smallest absolute Gasteiger partial charge is 0.446 e. The highest BCUT2D eigenvalue weighted by atomic mass is 35.1. The molecule has 2 rings (SSSR count). The second-order valence-corrected chi connectivity index (χ2v) is 6.27. The molecule has 2 aromatic rings. The van der Waals surface area contributed by atoms with Crippen molar-refractivity contribution in [3.8, 4) is 11.5 Å². The molecule has 6 heteroatoms. The fourth-order valence-corrected chi connectivity index (χ4v) is 3.03. The van der Waals surface area contributed by atoms with Crippen LogP contribution in [0.15, 0.2) is 48.5 Å². The number of hydrogen-bond donors (Lipinski definition) is 2. The van der Waals surface area contributed by atoms with E-state index in [1.807, 2.05) is 19.1 Å². The van der Waals surface area contributed by atoms with Crippen LogP contribution in [0, 0.1) is 0 Å². The molecule has 0 radical (unpaired) electrons. The Balaban J connectivity index is 2.43. The third kappa shape index (κ3) is 4.59. The fraction of sp³-hybridized carbons (Fsp3) is 0.222. The Morgan fingerprint density at radius 2 is 1.29 bits per heavy atom. The molecule has 0 saturated carbocycles. The number of phenols is 1. The third-order valence-electron chi connectivity index (χ3n) is 3.69. The van der Waals surface area contributed by atoms with Gasteiger partial charge in [-0.1, -0.05) is 38.1 Å². The van der Waals surface area contributed by atoms with Crippen molar-refractivity contribution in [3.63, 3.8) is 0 Å². The van der Waals surface area contributed by atoms with Crippen LogP contribution in [-0.4, -0.2) is 18.1 Å². The van der Waals surface area contributed by atoms with Gasteiger partial charge in [-0.25, -0.2) is 0 Å². The summed E-state index contributed by atoms with van der Waals surface area (Å²) in [6.07, 6.45) is 1.61. The summed E-state index contributed by atoms with van der Waals surface area (Å²) in [4.78, 5) is 0. The van der Waals surface area contributed by atoms with Crippen LogP contribution < -0.4 is 4.18 Å². The first kappa shape index (κ1) is 18.0. The molecular weight excluding hydrogens is 331 g/mol. The van der Waals surface area contributed by atoms with E-state index < -0.39 is 10.4 Å². The Morgan fingerprint density at radius 3 is 1.67 bits per heavy atom. The molecule has 0 fully saturated rings. The molecule has 0 atom stereocenters. The summed E-state index contributed by atoms with van der Waals surface area (Å²) in [6.45, 7) is 4.11. The molecule has 2 N–H and O–H groups in total. The van der Waals surface area contributed by atoms with E-state index in [1.54, 1.807) is 24.3 Å². The number of benzene rings is 2. The van der Waals surface area contributed by atoms with Crippen molar-refractivity contribution in [2.45, 2.75) is 26.7 Å². The average Bonchev–Trinajstić information content (AvgIpc) is 2.53. The van der Waals surface area contributed by atoms with Crippen LogP contribution in [0.1, 0.15) is 37.8 Å². The standard InChI is InChI=1S/C18H20O5S/c1-3-17(13-5-9-15(19)10-6-13)18(4-2)14-7-11-16(12-8-14)23-24(20,21)22/h5-12,19H,3-4H2,1-2H3,(H,20,21,22)/b18-17+/i24+3. The van der Waals surface area contributed by atoms with Gasteiger partial charge in [0.25, 0.3) is 0 Å². The van der Waals surface area contributed by atoms with Crippen LogP contribution in [0.2, 0.25) is 0 Å². The zero-order chi connectivity index (χ0) is 17.7. The van der Waals surface area contributed by atoms with Crippen molar-refractivity contribution in [2.24, 2.45) is 0 Å². The topological polar surface area (TPSA) is 83.8 Å². The molecular formula is C18H20O5S. The second kappa shape index (κ2) is 7.51. The molecule has 0 aliphatic rings. The maximum atomic E-state index is 10.7. The van der Waals surface area contributed by atoms with Crippen molar-refractivity contribution in [1.29, 1.82) is 0 Å². The molecule has 5 nitrogen and oxygen atoms in total. The van der Waals surface area contributed by atoms with E-state index in [4.69, 9.17) is 4.55 Å². The highest BCUT2D eigenvalue weighted by molar-refractivity contribution is 7.81. The lowest BCUT2D eigenvalue weighted by atomic mass is 9.91. The van der Waals surface area contributed by atoms with Gasteiger partial charge in [0, 0.05) is 0 Å². The predicted molar refractivity (Wildman–Crippen MR) is 94.1 cm³/mol. The number of hydrogen-bond acceptors (Lipinski definition) is 4. The largest absolute Gasteiger partial charge is 0.508 e. The zero-order valence-electron chi connectivity index (χ0n) is 13.6. The van der Waals surface area contributed by atoms with Gasteiger partial charge in [0.1, 0.15) is 11.5 Å². The third-order valence-corrected chi connectivity index (χ3v) is 4.09. The first-order valence-corrected chi connectivity index (χ1v) is 8.99. The first-order valence-electron chi connectivity index (χ1n) is 7.62. The summed E-state index contributed by atoms with van der Waals surface area (Å²) in [5.41, 5.74) is 4.26. The number of rotatable bonds is 6. The summed E-state index contributed by atoms with van der Waals surface area (Å²) in [6, 6.07) is 13.6. The van der Waals surface area contributed by atoms with Crippen LogP contribution in [-0.2, 0) is 10.4 Å². The lowest BCUT2D eigenvalue weighted by Gasteiger charge is -2.14. The molecule has 2 aromatic carbocycles. The van der Waals surface area contributed by atoms with Crippen molar-refractivity contribution in [3.05, 3.63) is 59.7 Å². The highest BCUT2D eigenvalue weighted by Gasteiger charge is 2.11. The SMILES string of the molecule is CC/C(=C(/CC)c1ccc(O[35S](=O)(=O)O)cc1)c1ccc(O)cc1. The van der Waals surface area contributed by atoms with E-state index in [-0.39, 0.29) is 11.5 Å². The normalized spacial score (nSPS) is 12.6. The summed E-state index contributed by atoms with van der Waals surface area (Å²) in [5.74, 6) is 0.276. The Morgan fingerprint density at radius 1 is 0.875 bits per heavy atom. The molecule has 128 valence electrons. The summed E-state index contributed by atoms with van der Waals surface area (Å²) in [5, 5.41) is 9.45. The van der Waals surface area contributed by atoms with Gasteiger partial charge in [-0.3, -0.25) is 4.55 Å². The van der Waals surface area contributed by atoms with Crippen LogP contribution in [0.5, 0.6) is 11.5 Å². The molecule has 0 unspecified atom stereocenters. The summed E-state index contributed by atoms with van der Waals surface area (Å²) >= 11 is 0. The van der Waals surface area contributed by atoms with E-state index in [1.165, 1.54) is 12.1 Å². The summed E-state index contributed by atoms with van der Waals surface area (Å²) in [7, 11) is -4.52. The van der Waals surface area contributed by atoms with Crippen molar-refractivity contribution < 1.29 is 22.3 Å². The quantitative estimate of drug-likeness (QED) is 0.599. The molecule has 0 aliphatic heterocycles. The van der Waals surface area contributed by atoms with Gasteiger partial charge in [-0.15, -0.1) is 0 Å². The first-order chi connectivity index (χ1) is 11.3. The zero-order valence-corrected chi connectivity index (χ0v) is 14.4. The van der Waals surface area contributed by atoms with Gasteiger partial charge in [0.15, 0.2) is 0 Å². The average molecular weight is 351 g/mol. The fourth-order valence-electron chi connectivity index (χ4n) is 2.68. The highest BCUT2D eigenvalue weighted by Crippen LogP contribution is 2.32. The summed E-state index contributed by atoms with van der Waals surface area (Å²) < 4.78 is 34.6. The van der Waals surface area contributed by atoms with Crippen molar-refractivity contribution in [1.82, 2.24) is 0 Å². The van der Waals surface area contributed by atoms with Crippen molar-refractivity contribution >= 4 is 21.5 Å². The van der Waals surface area contributed by atoms with Gasteiger partial charge >= 0.3 is 10.4 Å². The van der Waals surface area contributed by atoms with Gasteiger partial charge in [-0.05, 0) is 59.4 Å². The Bertz CT molecular complexity index is 819. The predicted octanol–water partition coefficient (Wildman–Crippen LogP) is 4.30. The maximum absolute atomic E-state index is 10.7. The molecule has 0 heterocycles. The Labute approximate surface area is 142 Å². The van der Waals surface area contributed by atoms with Gasteiger partial charge in [-0.2, -0.15) is 8.42 Å². The van der Waals surface area contributed by atoms with Gasteiger partial charge in [0.05, 0.1) is 0 Å². The monoisotopic (exact) mass is 351 g/mol. The number of aromatic hydroxyl groups is 1. The molecule has 0 aromatic heterocycles. The van der Waals surface area contributed by atoms with Crippen LogP contribution >= 0.6 is 0 Å². The molecule has 0 aliphatic carbocycles. The van der Waals surface area contributed by atoms with Crippen molar-refractivity contribution in [2.75, 3.05) is 0 Å². The minimum Gasteiger partial charge on any atom is -0.508 e. The lowest BCUT2D eigenvalue weighted by Crippen LogP contribution is -2.06. The molecule has 0 amide bonds. The maximum Gasteiger partial charge on any atom is 0.446 e. The van der Waals surface area contributed by atoms with Crippen LogP contribution in [0.25, 0.3) is 11.1 Å². The van der Waals surface area contributed by atoms with E-state index >= 15 is 0 Å². The minimum atomic E-state index is -4.52. The molecule has 0 bridgehead atoms. The molecule has 24 heavy (non-hydrogen) atoms. The van der Waals surface area contributed by atoms with E-state index in [9.17, 15) is 13.5 Å². The van der Waals surface area contributed by atoms with Gasteiger partial charge < -0.3 is 9.29 Å². The van der Waals surface area contributed by atoms with Gasteiger partial charge in [0.2, 0.25) is 0 Å². The second-order valence-electron chi connectivity index (χ2n) is 5.25. The Kier molecular flexibility index (Phi) is 5.64. The van der Waals surface area contributed by atoms with Crippen LogP contribution in [0.3, 0.4) is 0 Å². The van der Waals surface area contributed by atoms with E-state index in [0.29, 0.717) is 0 Å².